The Morgan fingerprint density at radius 1 is 1.29 bits per heavy atom. The first-order valence-electron chi connectivity index (χ1n) is 4.71. The highest BCUT2D eigenvalue weighted by Gasteiger charge is 2.07. The molecule has 0 bridgehead atoms. The van der Waals surface area contributed by atoms with Gasteiger partial charge in [-0.3, -0.25) is 0 Å². The SMILES string of the molecule is CCc1[nH]c(N)nc1-c1ccccc1. The van der Waals surface area contributed by atoms with Crippen molar-refractivity contribution in [1.82, 2.24) is 9.97 Å². The van der Waals surface area contributed by atoms with Crippen molar-refractivity contribution in [3.63, 3.8) is 0 Å². The van der Waals surface area contributed by atoms with Crippen molar-refractivity contribution in [2.45, 2.75) is 13.3 Å². The van der Waals surface area contributed by atoms with Gasteiger partial charge >= 0.3 is 0 Å². The van der Waals surface area contributed by atoms with Gasteiger partial charge in [0.2, 0.25) is 0 Å². The maximum absolute atomic E-state index is 5.63. The molecular formula is C11H13N3. The molecule has 14 heavy (non-hydrogen) atoms. The maximum Gasteiger partial charge on any atom is 0.198 e. The van der Waals surface area contributed by atoms with Crippen LogP contribution in [0.5, 0.6) is 0 Å². The van der Waals surface area contributed by atoms with E-state index < -0.39 is 0 Å². The Morgan fingerprint density at radius 3 is 2.64 bits per heavy atom. The Labute approximate surface area is 83.0 Å². The zero-order chi connectivity index (χ0) is 9.97. The molecule has 2 aromatic rings. The van der Waals surface area contributed by atoms with E-state index in [1.54, 1.807) is 0 Å². The summed E-state index contributed by atoms with van der Waals surface area (Å²) >= 11 is 0. The fourth-order valence-electron chi connectivity index (χ4n) is 1.52. The van der Waals surface area contributed by atoms with Gasteiger partial charge in [0.25, 0.3) is 0 Å². The highest BCUT2D eigenvalue weighted by atomic mass is 15.0. The Kier molecular flexibility index (Phi) is 2.23. The normalized spacial score (nSPS) is 10.4. The molecule has 1 aromatic carbocycles. The van der Waals surface area contributed by atoms with E-state index in [4.69, 9.17) is 5.73 Å². The number of anilines is 1. The quantitative estimate of drug-likeness (QED) is 0.757. The highest BCUT2D eigenvalue weighted by molar-refractivity contribution is 5.63. The second kappa shape index (κ2) is 3.54. The van der Waals surface area contributed by atoms with E-state index in [9.17, 15) is 0 Å². The standard InChI is InChI=1S/C11H13N3/c1-2-9-10(14-11(12)13-9)8-6-4-3-5-7-8/h3-7H,2H2,1H3,(H3,12,13,14). The molecule has 2 rings (SSSR count). The second-order valence-electron chi connectivity index (χ2n) is 3.17. The number of hydrogen-bond donors (Lipinski definition) is 2. The number of aromatic amines is 1. The van der Waals surface area contributed by atoms with Crippen LogP contribution in [0.1, 0.15) is 12.6 Å². The predicted octanol–water partition coefficient (Wildman–Crippen LogP) is 2.22. The lowest BCUT2D eigenvalue weighted by Crippen LogP contribution is -1.86. The number of benzene rings is 1. The molecule has 0 atom stereocenters. The van der Waals surface area contributed by atoms with Gasteiger partial charge < -0.3 is 10.7 Å². The zero-order valence-corrected chi connectivity index (χ0v) is 8.12. The molecular weight excluding hydrogens is 174 g/mol. The number of rotatable bonds is 2. The summed E-state index contributed by atoms with van der Waals surface area (Å²) in [6, 6.07) is 10.1. The minimum absolute atomic E-state index is 0.487. The van der Waals surface area contributed by atoms with Crippen molar-refractivity contribution in [3.8, 4) is 11.3 Å². The largest absolute Gasteiger partial charge is 0.369 e. The summed E-state index contributed by atoms with van der Waals surface area (Å²) in [5.74, 6) is 0.487. The van der Waals surface area contributed by atoms with Crippen LogP contribution in [0, 0.1) is 0 Å². The van der Waals surface area contributed by atoms with E-state index in [-0.39, 0.29) is 0 Å². The van der Waals surface area contributed by atoms with E-state index >= 15 is 0 Å². The number of nitrogens with one attached hydrogen (secondary N) is 1. The summed E-state index contributed by atoms with van der Waals surface area (Å²) in [5, 5.41) is 0. The first kappa shape index (κ1) is 8.81. The minimum Gasteiger partial charge on any atom is -0.369 e. The molecule has 0 radical (unpaired) electrons. The topological polar surface area (TPSA) is 54.7 Å². The molecule has 0 spiro atoms. The van der Waals surface area contributed by atoms with Gasteiger partial charge in [-0.15, -0.1) is 0 Å². The van der Waals surface area contributed by atoms with E-state index in [2.05, 4.69) is 16.9 Å². The summed E-state index contributed by atoms with van der Waals surface area (Å²) in [6.45, 7) is 2.08. The van der Waals surface area contributed by atoms with E-state index in [0.717, 1.165) is 23.4 Å². The third-order valence-electron chi connectivity index (χ3n) is 2.20. The Bertz CT molecular complexity index is 417. The molecule has 0 saturated heterocycles. The van der Waals surface area contributed by atoms with Gasteiger partial charge in [-0.2, -0.15) is 0 Å². The minimum atomic E-state index is 0.487. The fourth-order valence-corrected chi connectivity index (χ4v) is 1.52. The van der Waals surface area contributed by atoms with E-state index in [0.29, 0.717) is 5.95 Å². The molecule has 3 heteroatoms. The molecule has 0 fully saturated rings. The number of aromatic nitrogens is 2. The van der Waals surface area contributed by atoms with Crippen LogP contribution in [0.3, 0.4) is 0 Å². The van der Waals surface area contributed by atoms with Crippen molar-refractivity contribution < 1.29 is 0 Å². The van der Waals surface area contributed by atoms with Crippen molar-refractivity contribution >= 4 is 5.95 Å². The Balaban J connectivity index is 2.51. The molecule has 3 nitrogen and oxygen atoms in total. The summed E-state index contributed by atoms with van der Waals surface area (Å²) in [5.41, 5.74) is 8.79. The number of nitrogens with two attached hydrogens (primary N) is 1. The predicted molar refractivity (Wildman–Crippen MR) is 57.8 cm³/mol. The summed E-state index contributed by atoms with van der Waals surface area (Å²) < 4.78 is 0. The Morgan fingerprint density at radius 2 is 2.00 bits per heavy atom. The van der Waals surface area contributed by atoms with Gasteiger partial charge in [-0.05, 0) is 6.42 Å². The van der Waals surface area contributed by atoms with Crippen LogP contribution in [0.25, 0.3) is 11.3 Å². The average Bonchev–Trinajstić information content (AvgIpc) is 2.61. The molecule has 0 aliphatic heterocycles. The smallest absolute Gasteiger partial charge is 0.198 e. The van der Waals surface area contributed by atoms with Crippen molar-refractivity contribution in [2.75, 3.05) is 5.73 Å². The van der Waals surface area contributed by atoms with Gasteiger partial charge in [0.1, 0.15) is 0 Å². The Hall–Kier alpha value is -1.77. The number of aryl methyl sites for hydroxylation is 1. The lowest BCUT2D eigenvalue weighted by atomic mass is 10.1. The molecule has 1 aromatic heterocycles. The lowest BCUT2D eigenvalue weighted by molar-refractivity contribution is 1.07. The van der Waals surface area contributed by atoms with Crippen LogP contribution in [0.2, 0.25) is 0 Å². The molecule has 0 aliphatic carbocycles. The molecule has 0 amide bonds. The lowest BCUT2D eigenvalue weighted by Gasteiger charge is -1.98. The van der Waals surface area contributed by atoms with Crippen LogP contribution < -0.4 is 5.73 Å². The number of nitrogen functional groups attached to an aromatic ring is 1. The van der Waals surface area contributed by atoms with Gasteiger partial charge in [0.15, 0.2) is 5.95 Å². The number of nitrogens with zero attached hydrogens (tertiary/aromatic N) is 1. The van der Waals surface area contributed by atoms with Gasteiger partial charge in [0, 0.05) is 11.3 Å². The highest BCUT2D eigenvalue weighted by Crippen LogP contribution is 2.22. The van der Waals surface area contributed by atoms with E-state index in [1.807, 2.05) is 30.3 Å². The van der Waals surface area contributed by atoms with Crippen LogP contribution in [-0.2, 0) is 6.42 Å². The van der Waals surface area contributed by atoms with Gasteiger partial charge in [0.05, 0.1) is 5.69 Å². The first-order valence-corrected chi connectivity index (χ1v) is 4.71. The molecule has 3 N–H and O–H groups in total. The van der Waals surface area contributed by atoms with Crippen molar-refractivity contribution in [2.24, 2.45) is 0 Å². The molecule has 0 unspecified atom stereocenters. The van der Waals surface area contributed by atoms with E-state index in [1.165, 1.54) is 0 Å². The summed E-state index contributed by atoms with van der Waals surface area (Å²) in [6.07, 6.45) is 0.911. The van der Waals surface area contributed by atoms with Crippen LogP contribution >= 0.6 is 0 Å². The monoisotopic (exact) mass is 187 g/mol. The maximum atomic E-state index is 5.63. The van der Waals surface area contributed by atoms with Crippen molar-refractivity contribution in [3.05, 3.63) is 36.0 Å². The zero-order valence-electron chi connectivity index (χ0n) is 8.12. The molecule has 1 heterocycles. The van der Waals surface area contributed by atoms with Crippen LogP contribution in [-0.4, -0.2) is 9.97 Å². The third-order valence-corrected chi connectivity index (χ3v) is 2.20. The summed E-state index contributed by atoms with van der Waals surface area (Å²) in [4.78, 5) is 7.33. The van der Waals surface area contributed by atoms with Crippen LogP contribution in [0.4, 0.5) is 5.95 Å². The number of H-pyrrole nitrogens is 1. The van der Waals surface area contributed by atoms with Crippen molar-refractivity contribution in [1.29, 1.82) is 0 Å². The molecule has 0 saturated carbocycles. The first-order chi connectivity index (χ1) is 6.81. The third kappa shape index (κ3) is 1.48. The van der Waals surface area contributed by atoms with Crippen LogP contribution in [0.15, 0.2) is 30.3 Å². The summed E-state index contributed by atoms with van der Waals surface area (Å²) in [7, 11) is 0. The molecule has 0 aliphatic rings. The fraction of sp³-hybridized carbons (Fsp3) is 0.182. The van der Waals surface area contributed by atoms with Gasteiger partial charge in [-0.25, -0.2) is 4.98 Å². The average molecular weight is 187 g/mol. The number of hydrogen-bond acceptors (Lipinski definition) is 2. The molecule has 72 valence electrons. The number of imidazole rings is 1. The van der Waals surface area contributed by atoms with Gasteiger partial charge in [-0.1, -0.05) is 37.3 Å². The second-order valence-corrected chi connectivity index (χ2v) is 3.17.